The van der Waals surface area contributed by atoms with Gasteiger partial charge in [0.25, 0.3) is 15.9 Å². The normalized spacial score (nSPS) is 15.1. The lowest BCUT2D eigenvalue weighted by molar-refractivity contribution is -0.137. The number of alkyl halides is 3. The molecule has 3 rings (SSSR count). The number of carbonyl (C=O) groups is 1. The lowest BCUT2D eigenvalue weighted by atomic mass is 10.2. The minimum Gasteiger partial charge on any atom is -0.339 e. The van der Waals surface area contributed by atoms with E-state index in [4.69, 9.17) is 11.6 Å². The Balaban J connectivity index is 2.03. The summed E-state index contributed by atoms with van der Waals surface area (Å²) in [7, 11) is -4.41. The van der Waals surface area contributed by atoms with E-state index in [2.05, 4.69) is 6.58 Å². The third-order valence-corrected chi connectivity index (χ3v) is 7.67. The molecule has 1 heterocycles. The highest BCUT2D eigenvalue weighted by molar-refractivity contribution is 7.93. The van der Waals surface area contributed by atoms with Crippen molar-refractivity contribution in [2.75, 3.05) is 23.9 Å². The maximum absolute atomic E-state index is 13.5. The van der Waals surface area contributed by atoms with Gasteiger partial charge in [0.2, 0.25) is 0 Å². The molecule has 178 valence electrons. The summed E-state index contributed by atoms with van der Waals surface area (Å²) < 4.78 is 67.4. The number of rotatable bonds is 6. The first-order valence-corrected chi connectivity index (χ1v) is 12.3. The summed E-state index contributed by atoms with van der Waals surface area (Å²) in [6.45, 7) is 4.39. The molecule has 2 aromatic carbocycles. The van der Waals surface area contributed by atoms with Crippen LogP contribution in [0, 0.1) is 0 Å². The van der Waals surface area contributed by atoms with Crippen LogP contribution in [0.3, 0.4) is 0 Å². The number of hydrogen-bond acceptors (Lipinski definition) is 3. The first-order valence-electron chi connectivity index (χ1n) is 10.5. The van der Waals surface area contributed by atoms with Crippen LogP contribution < -0.4 is 4.31 Å². The Hall–Kier alpha value is -2.52. The number of anilines is 1. The van der Waals surface area contributed by atoms with Crippen molar-refractivity contribution in [3.8, 4) is 0 Å². The van der Waals surface area contributed by atoms with Crippen LogP contribution in [0.1, 0.15) is 41.6 Å². The molecule has 0 spiro atoms. The van der Waals surface area contributed by atoms with Gasteiger partial charge in [-0.1, -0.05) is 36.6 Å². The molecular weight excluding hydrogens is 477 g/mol. The van der Waals surface area contributed by atoms with Crippen LogP contribution in [0.15, 0.2) is 60.0 Å². The van der Waals surface area contributed by atoms with E-state index in [0.29, 0.717) is 13.1 Å². The van der Waals surface area contributed by atoms with Crippen LogP contribution in [0.25, 0.3) is 0 Å². The van der Waals surface area contributed by atoms with E-state index in [9.17, 15) is 26.4 Å². The van der Waals surface area contributed by atoms with Crippen molar-refractivity contribution in [2.45, 2.75) is 36.8 Å². The van der Waals surface area contributed by atoms with Crippen LogP contribution in [-0.4, -0.2) is 38.9 Å². The third-order valence-electron chi connectivity index (χ3n) is 5.40. The number of likely N-dealkylation sites (tertiary alicyclic amines) is 1. The van der Waals surface area contributed by atoms with E-state index in [1.54, 1.807) is 4.90 Å². The van der Waals surface area contributed by atoms with Crippen LogP contribution in [-0.2, 0) is 16.2 Å². The number of halogens is 4. The minimum absolute atomic E-state index is 0.136. The Morgan fingerprint density at radius 3 is 2.36 bits per heavy atom. The van der Waals surface area contributed by atoms with Crippen molar-refractivity contribution < 1.29 is 26.4 Å². The largest absolute Gasteiger partial charge is 0.416 e. The van der Waals surface area contributed by atoms with Crippen molar-refractivity contribution in [3.05, 3.63) is 71.3 Å². The van der Waals surface area contributed by atoms with Crippen LogP contribution in [0.5, 0.6) is 0 Å². The van der Waals surface area contributed by atoms with E-state index >= 15 is 0 Å². The molecule has 0 radical (unpaired) electrons. The first kappa shape index (κ1) is 25.1. The molecule has 0 atom stereocenters. The quantitative estimate of drug-likeness (QED) is 0.474. The average molecular weight is 501 g/mol. The van der Waals surface area contributed by atoms with Gasteiger partial charge in [-0.15, -0.1) is 6.58 Å². The molecule has 1 amide bonds. The number of hydrogen-bond donors (Lipinski definition) is 0. The van der Waals surface area contributed by atoms with Gasteiger partial charge in [-0.05, 0) is 49.2 Å². The molecule has 1 aliphatic heterocycles. The lowest BCUT2D eigenvalue weighted by Crippen LogP contribution is -2.33. The second-order valence-electron chi connectivity index (χ2n) is 7.72. The summed E-state index contributed by atoms with van der Waals surface area (Å²) in [4.78, 5) is 14.3. The third kappa shape index (κ3) is 5.70. The molecule has 1 saturated heterocycles. The standard InChI is InChI=1S/C23H24ClF3N2O3S/c1-2-12-29(19-9-7-8-18(16-19)23(25,26)27)33(31,32)21-15-17(10-11-20(21)24)22(30)28-13-5-3-4-6-14-28/h2,7-11,15-16H,1,3-6,12-14H2. The topological polar surface area (TPSA) is 57.7 Å². The maximum atomic E-state index is 13.5. The van der Waals surface area contributed by atoms with E-state index in [1.165, 1.54) is 30.3 Å². The Labute approximate surface area is 196 Å². The van der Waals surface area contributed by atoms with Crippen LogP contribution >= 0.6 is 11.6 Å². The molecule has 0 unspecified atom stereocenters. The summed E-state index contributed by atoms with van der Waals surface area (Å²) >= 11 is 6.20. The Morgan fingerprint density at radius 2 is 1.76 bits per heavy atom. The molecule has 1 aliphatic rings. The molecule has 0 aromatic heterocycles. The number of nitrogens with zero attached hydrogens (tertiary/aromatic N) is 2. The zero-order valence-corrected chi connectivity index (χ0v) is 19.4. The second-order valence-corrected chi connectivity index (χ2v) is 9.96. The highest BCUT2D eigenvalue weighted by atomic mass is 35.5. The van der Waals surface area contributed by atoms with Gasteiger partial charge in [-0.2, -0.15) is 13.2 Å². The summed E-state index contributed by atoms with van der Waals surface area (Å²) in [5.41, 5.74) is -1.02. The van der Waals surface area contributed by atoms with Gasteiger partial charge < -0.3 is 4.90 Å². The number of carbonyl (C=O) groups excluding carboxylic acids is 1. The number of sulfonamides is 1. The summed E-state index contributed by atoms with van der Waals surface area (Å²) in [6, 6.07) is 7.96. The molecule has 0 N–H and O–H groups in total. The highest BCUT2D eigenvalue weighted by Crippen LogP contribution is 2.34. The van der Waals surface area contributed by atoms with E-state index in [1.807, 2.05) is 0 Å². The first-order chi connectivity index (χ1) is 15.6. The SMILES string of the molecule is C=CCN(c1cccc(C(F)(F)F)c1)S(=O)(=O)c1cc(C(=O)N2CCCCCC2)ccc1Cl. The van der Waals surface area contributed by atoms with Gasteiger partial charge in [0.15, 0.2) is 0 Å². The smallest absolute Gasteiger partial charge is 0.339 e. The van der Waals surface area contributed by atoms with Crippen molar-refractivity contribution in [1.29, 1.82) is 0 Å². The number of amides is 1. The predicted octanol–water partition coefficient (Wildman–Crippen LogP) is 5.76. The van der Waals surface area contributed by atoms with Gasteiger partial charge in [0.1, 0.15) is 4.90 Å². The average Bonchev–Trinajstić information content (AvgIpc) is 3.06. The summed E-state index contributed by atoms with van der Waals surface area (Å²) in [6.07, 6.45) is 0.407. The molecule has 0 saturated carbocycles. The van der Waals surface area contributed by atoms with Gasteiger partial charge in [0.05, 0.1) is 22.8 Å². The maximum Gasteiger partial charge on any atom is 0.416 e. The molecule has 0 aliphatic carbocycles. The zero-order chi connectivity index (χ0) is 24.2. The molecule has 2 aromatic rings. The van der Waals surface area contributed by atoms with E-state index in [-0.39, 0.29) is 33.6 Å². The fourth-order valence-electron chi connectivity index (χ4n) is 3.71. The van der Waals surface area contributed by atoms with Crippen molar-refractivity contribution in [1.82, 2.24) is 4.90 Å². The minimum atomic E-state index is -4.64. The zero-order valence-electron chi connectivity index (χ0n) is 17.8. The van der Waals surface area contributed by atoms with Gasteiger partial charge in [-0.25, -0.2) is 8.42 Å². The van der Waals surface area contributed by atoms with E-state index < -0.39 is 21.8 Å². The van der Waals surface area contributed by atoms with Gasteiger partial charge in [0, 0.05) is 18.7 Å². The fraction of sp³-hybridized carbons (Fsp3) is 0.348. The molecule has 5 nitrogen and oxygen atoms in total. The van der Waals surface area contributed by atoms with E-state index in [0.717, 1.165) is 48.2 Å². The Morgan fingerprint density at radius 1 is 1.09 bits per heavy atom. The Bertz CT molecular complexity index is 1130. The molecular formula is C23H24ClF3N2O3S. The monoisotopic (exact) mass is 500 g/mol. The van der Waals surface area contributed by atoms with Crippen molar-refractivity contribution in [2.24, 2.45) is 0 Å². The van der Waals surface area contributed by atoms with Crippen LogP contribution in [0.2, 0.25) is 5.02 Å². The lowest BCUT2D eigenvalue weighted by Gasteiger charge is -2.25. The molecule has 33 heavy (non-hydrogen) atoms. The highest BCUT2D eigenvalue weighted by Gasteiger charge is 2.33. The summed E-state index contributed by atoms with van der Waals surface area (Å²) in [5.74, 6) is -0.306. The molecule has 10 heteroatoms. The van der Waals surface area contributed by atoms with Gasteiger partial charge >= 0.3 is 6.18 Å². The number of benzene rings is 2. The van der Waals surface area contributed by atoms with Gasteiger partial charge in [-0.3, -0.25) is 9.10 Å². The van der Waals surface area contributed by atoms with Crippen molar-refractivity contribution in [3.63, 3.8) is 0 Å². The second kappa shape index (κ2) is 10.2. The predicted molar refractivity (Wildman–Crippen MR) is 122 cm³/mol. The summed E-state index contributed by atoms with van der Waals surface area (Å²) in [5, 5.41) is -0.136. The Kier molecular flexibility index (Phi) is 7.74. The molecule has 0 bridgehead atoms. The van der Waals surface area contributed by atoms with Crippen LogP contribution in [0.4, 0.5) is 18.9 Å². The van der Waals surface area contributed by atoms with Crippen molar-refractivity contribution >= 4 is 33.2 Å². The molecule has 1 fully saturated rings. The fourth-order valence-corrected chi connectivity index (χ4v) is 5.64.